The van der Waals surface area contributed by atoms with Crippen molar-refractivity contribution in [3.05, 3.63) is 65.0 Å². The predicted octanol–water partition coefficient (Wildman–Crippen LogP) is 1.13. The number of carbonyl (C=O) groups excluding carboxylic acids is 1. The van der Waals surface area contributed by atoms with Gasteiger partial charge in [-0.25, -0.2) is 0 Å². The van der Waals surface area contributed by atoms with Crippen molar-refractivity contribution in [2.45, 2.75) is 20.0 Å². The van der Waals surface area contributed by atoms with Crippen molar-refractivity contribution in [1.82, 2.24) is 15.2 Å². The molecule has 0 atom stereocenters. The second kappa shape index (κ2) is 11.5. The maximum Gasteiger partial charge on any atom is 0.317 e. The number of Topliss-reactive ketones (excluding diaryl/α,β-unsaturated/α-hetero) is 1. The lowest BCUT2D eigenvalue weighted by molar-refractivity contribution is -0.139. The lowest BCUT2D eigenvalue weighted by atomic mass is 10.1. The molecule has 0 aliphatic rings. The molecule has 0 bridgehead atoms. The highest BCUT2D eigenvalue weighted by Gasteiger charge is 2.14. The highest BCUT2D eigenvalue weighted by molar-refractivity contribution is 5.78. The molecule has 0 spiro atoms. The largest absolute Gasteiger partial charge is 0.480 e. The van der Waals surface area contributed by atoms with E-state index in [1.807, 2.05) is 30.3 Å². The number of nitrogens with one attached hydrogen (secondary N) is 1. The molecule has 2 rings (SSSR count). The summed E-state index contributed by atoms with van der Waals surface area (Å²) in [4.78, 5) is 39.3. The topological polar surface area (TPSA) is 120 Å². The third-order valence-electron chi connectivity index (χ3n) is 3.83. The number of rotatable bonds is 10. The number of carboxylic acids is 2. The van der Waals surface area contributed by atoms with Gasteiger partial charge in [0.15, 0.2) is 0 Å². The van der Waals surface area contributed by atoms with Gasteiger partial charge in [-0.3, -0.25) is 24.3 Å². The van der Waals surface area contributed by atoms with Crippen molar-refractivity contribution in [3.8, 4) is 11.8 Å². The number of hydrogen-bond donors (Lipinski definition) is 3. The van der Waals surface area contributed by atoms with Crippen LogP contribution in [0.2, 0.25) is 0 Å². The lowest BCUT2D eigenvalue weighted by Crippen LogP contribution is -2.33. The molecule has 0 aliphatic heterocycles. The number of benzene rings is 1. The highest BCUT2D eigenvalue weighted by Crippen LogP contribution is 2.09. The first-order valence-electron chi connectivity index (χ1n) is 9.25. The Labute approximate surface area is 174 Å². The molecule has 8 nitrogen and oxygen atoms in total. The number of aromatic nitrogens is 1. The molecule has 8 heteroatoms. The predicted molar refractivity (Wildman–Crippen MR) is 110 cm³/mol. The van der Waals surface area contributed by atoms with Crippen LogP contribution in [0.3, 0.4) is 0 Å². The van der Waals surface area contributed by atoms with E-state index in [0.29, 0.717) is 17.0 Å². The molecule has 1 aromatic heterocycles. The Morgan fingerprint density at radius 2 is 1.63 bits per heavy atom. The van der Waals surface area contributed by atoms with Gasteiger partial charge in [0.2, 0.25) is 0 Å². The average molecular weight is 409 g/mol. The van der Waals surface area contributed by atoms with E-state index >= 15 is 0 Å². The second-order valence-corrected chi connectivity index (χ2v) is 6.69. The number of pyridine rings is 1. The summed E-state index contributed by atoms with van der Waals surface area (Å²) >= 11 is 0. The van der Waals surface area contributed by atoms with Crippen LogP contribution in [-0.2, 0) is 27.5 Å². The van der Waals surface area contributed by atoms with Crippen molar-refractivity contribution >= 4 is 17.7 Å². The number of ketones is 1. The number of carboxylic acid groups (broad SMARTS) is 2. The Morgan fingerprint density at radius 3 is 2.27 bits per heavy atom. The van der Waals surface area contributed by atoms with Crippen LogP contribution in [0.15, 0.2) is 42.5 Å². The molecule has 0 fully saturated rings. The minimum absolute atomic E-state index is 0.0134. The molecular formula is C22H23N3O5. The van der Waals surface area contributed by atoms with Gasteiger partial charge in [-0.2, -0.15) is 0 Å². The van der Waals surface area contributed by atoms with Gasteiger partial charge < -0.3 is 15.5 Å². The molecule has 0 saturated carbocycles. The van der Waals surface area contributed by atoms with Crippen LogP contribution in [0.4, 0.5) is 0 Å². The van der Waals surface area contributed by atoms with Gasteiger partial charge in [-0.05, 0) is 31.2 Å². The van der Waals surface area contributed by atoms with E-state index in [4.69, 9.17) is 10.2 Å². The minimum atomic E-state index is -1.04. The van der Waals surface area contributed by atoms with E-state index in [0.717, 1.165) is 5.56 Å². The van der Waals surface area contributed by atoms with Gasteiger partial charge >= 0.3 is 11.9 Å². The number of aliphatic carboxylic acids is 2. The quantitative estimate of drug-likeness (QED) is 0.500. The Kier molecular flexibility index (Phi) is 8.69. The summed E-state index contributed by atoms with van der Waals surface area (Å²) in [7, 11) is 0. The summed E-state index contributed by atoms with van der Waals surface area (Å²) in [6.07, 6.45) is 0. The van der Waals surface area contributed by atoms with Crippen molar-refractivity contribution in [1.29, 1.82) is 0 Å². The lowest BCUT2D eigenvalue weighted by Gasteiger charge is -2.18. The zero-order valence-corrected chi connectivity index (χ0v) is 16.6. The Morgan fingerprint density at radius 1 is 0.967 bits per heavy atom. The maximum absolute atomic E-state index is 11.5. The molecule has 3 N–H and O–H groups in total. The van der Waals surface area contributed by atoms with E-state index in [1.54, 1.807) is 12.1 Å². The molecule has 0 amide bonds. The zero-order valence-electron chi connectivity index (χ0n) is 16.6. The molecule has 2 aromatic rings. The molecular weight excluding hydrogens is 386 g/mol. The van der Waals surface area contributed by atoms with Gasteiger partial charge in [0.25, 0.3) is 0 Å². The van der Waals surface area contributed by atoms with Crippen molar-refractivity contribution in [2.24, 2.45) is 0 Å². The van der Waals surface area contributed by atoms with Crippen molar-refractivity contribution < 1.29 is 24.6 Å². The molecule has 0 saturated heterocycles. The van der Waals surface area contributed by atoms with Crippen LogP contribution in [0.1, 0.15) is 29.4 Å². The monoisotopic (exact) mass is 409 g/mol. The molecule has 0 unspecified atom stereocenters. The van der Waals surface area contributed by atoms with Crippen molar-refractivity contribution in [2.75, 3.05) is 19.6 Å². The summed E-state index contributed by atoms with van der Waals surface area (Å²) in [6.45, 7) is 1.23. The fourth-order valence-electron chi connectivity index (χ4n) is 2.76. The fourth-order valence-corrected chi connectivity index (χ4v) is 2.76. The Balaban J connectivity index is 2.29. The van der Waals surface area contributed by atoms with Crippen LogP contribution in [0, 0.1) is 11.8 Å². The van der Waals surface area contributed by atoms with Crippen LogP contribution in [0.5, 0.6) is 0 Å². The van der Waals surface area contributed by atoms with Gasteiger partial charge in [0.1, 0.15) is 5.78 Å². The fraction of sp³-hybridized carbons (Fsp3) is 0.273. The Bertz CT molecular complexity index is 948. The first-order valence-corrected chi connectivity index (χ1v) is 9.25. The summed E-state index contributed by atoms with van der Waals surface area (Å²) in [6, 6.07) is 12.9. The van der Waals surface area contributed by atoms with Gasteiger partial charge in [0.05, 0.1) is 31.0 Å². The van der Waals surface area contributed by atoms with Gasteiger partial charge in [-0.1, -0.05) is 30.0 Å². The first-order chi connectivity index (χ1) is 14.3. The third kappa shape index (κ3) is 8.65. The standard InChI is InChI=1S/C22H23N3O5/c1-16(26)13-25(15-22(29)30)14-20-10-18(8-7-17-5-3-2-4-6-17)9-19(24-20)11-23-12-21(27)28/h2-6,9-10,23H,11-15H2,1H3,(H,27,28)(H,29,30). The van der Waals surface area contributed by atoms with E-state index < -0.39 is 11.9 Å². The van der Waals surface area contributed by atoms with Crippen molar-refractivity contribution in [3.63, 3.8) is 0 Å². The smallest absolute Gasteiger partial charge is 0.317 e. The summed E-state index contributed by atoms with van der Waals surface area (Å²) < 4.78 is 0. The SMILES string of the molecule is CC(=O)CN(CC(=O)O)Cc1cc(C#Cc2ccccc2)cc(CNCC(=O)O)n1. The molecule has 30 heavy (non-hydrogen) atoms. The number of carbonyl (C=O) groups is 3. The molecule has 1 heterocycles. The molecule has 0 aliphatic carbocycles. The van der Waals surface area contributed by atoms with Gasteiger partial charge in [-0.15, -0.1) is 0 Å². The number of hydrogen-bond acceptors (Lipinski definition) is 6. The summed E-state index contributed by atoms with van der Waals surface area (Å²) in [5.41, 5.74) is 2.62. The third-order valence-corrected chi connectivity index (χ3v) is 3.83. The zero-order chi connectivity index (χ0) is 21.9. The summed E-state index contributed by atoms with van der Waals surface area (Å²) in [5, 5.41) is 20.7. The maximum atomic E-state index is 11.5. The highest BCUT2D eigenvalue weighted by atomic mass is 16.4. The van der Waals surface area contributed by atoms with E-state index in [9.17, 15) is 14.4 Å². The molecule has 156 valence electrons. The van der Waals surface area contributed by atoms with E-state index in [-0.39, 0.29) is 38.5 Å². The van der Waals surface area contributed by atoms with E-state index in [2.05, 4.69) is 22.1 Å². The summed E-state index contributed by atoms with van der Waals surface area (Å²) in [5.74, 6) is 3.94. The number of nitrogens with zero attached hydrogens (tertiary/aromatic N) is 2. The second-order valence-electron chi connectivity index (χ2n) is 6.69. The first kappa shape index (κ1) is 22.7. The van der Waals surface area contributed by atoms with E-state index in [1.165, 1.54) is 11.8 Å². The van der Waals surface area contributed by atoms with Gasteiger partial charge in [0, 0.05) is 24.2 Å². The molecule has 1 aromatic carbocycles. The molecule has 0 radical (unpaired) electrons. The minimum Gasteiger partial charge on any atom is -0.480 e. The van der Waals surface area contributed by atoms with Crippen LogP contribution < -0.4 is 5.32 Å². The average Bonchev–Trinajstić information content (AvgIpc) is 2.66. The van der Waals surface area contributed by atoms with Crippen LogP contribution in [-0.4, -0.2) is 57.5 Å². The normalized spacial score (nSPS) is 10.3. The Hall–Kier alpha value is -3.54. The van der Waals surface area contributed by atoms with Crippen LogP contribution in [0.25, 0.3) is 0 Å². The van der Waals surface area contributed by atoms with Crippen LogP contribution >= 0.6 is 0 Å².